The van der Waals surface area contributed by atoms with Crippen LogP contribution in [0.2, 0.25) is 0 Å². The number of fused-ring (bicyclic) bond motifs is 12. The molecule has 2 aliphatic carbocycles. The standard InChI is InChI=1S/C53H30N4/c1-55-41-23-25-57-51(31-41)40-11-7-9-35(29-40)37-17-20-45-46-21-18-38-27-36(34-8-6-10-39(28-34)50-26-33(32-54)22-24-56-50)16-19-42(38)52(46)53(49(45)30-37)47-14-4-2-12-43(47)44-13-3-5-15-48(44)53/h2-31H. The molecule has 0 aliphatic heterocycles. The Bertz CT molecular complexity index is 3190. The van der Waals surface area contributed by atoms with E-state index in [4.69, 9.17) is 6.57 Å². The van der Waals surface area contributed by atoms with E-state index >= 15 is 0 Å². The largest absolute Gasteiger partial charge is 0.259 e. The molecule has 2 aromatic heterocycles. The van der Waals surface area contributed by atoms with Crippen molar-refractivity contribution in [2.24, 2.45) is 0 Å². The van der Waals surface area contributed by atoms with Crippen LogP contribution in [0.15, 0.2) is 182 Å². The first kappa shape index (κ1) is 32.5. The summed E-state index contributed by atoms with van der Waals surface area (Å²) in [6.07, 6.45) is 3.40. The van der Waals surface area contributed by atoms with Gasteiger partial charge in [-0.3, -0.25) is 9.97 Å². The maximum absolute atomic E-state index is 9.49. The molecule has 2 heterocycles. The Hall–Kier alpha value is -7.92. The molecule has 1 spiro atoms. The van der Waals surface area contributed by atoms with Crippen LogP contribution in [0.5, 0.6) is 0 Å². The highest BCUT2D eigenvalue weighted by molar-refractivity contribution is 6.05. The number of nitrogens with zero attached hydrogens (tertiary/aromatic N) is 4. The molecule has 0 unspecified atom stereocenters. The van der Waals surface area contributed by atoms with Gasteiger partial charge in [-0.1, -0.05) is 121 Å². The monoisotopic (exact) mass is 722 g/mol. The third-order valence-corrected chi connectivity index (χ3v) is 11.8. The van der Waals surface area contributed by atoms with E-state index in [2.05, 4.69) is 160 Å². The summed E-state index contributed by atoms with van der Waals surface area (Å²) in [6.45, 7) is 7.52. The smallest absolute Gasteiger partial charge is 0.190 e. The van der Waals surface area contributed by atoms with Crippen LogP contribution in [0.1, 0.15) is 27.8 Å². The van der Waals surface area contributed by atoms with Gasteiger partial charge < -0.3 is 0 Å². The first-order valence-electron chi connectivity index (χ1n) is 19.0. The lowest BCUT2D eigenvalue weighted by molar-refractivity contribution is 0.801. The number of pyridine rings is 2. The van der Waals surface area contributed by atoms with Crippen molar-refractivity contribution in [2.45, 2.75) is 5.41 Å². The molecule has 2 aliphatic rings. The number of hydrogen-bond acceptors (Lipinski definition) is 3. The highest BCUT2D eigenvalue weighted by Crippen LogP contribution is 2.64. The molecule has 0 amide bonds. The predicted octanol–water partition coefficient (Wildman–Crippen LogP) is 13.1. The molecule has 0 radical (unpaired) electrons. The molecule has 262 valence electrons. The topological polar surface area (TPSA) is 53.9 Å². The van der Waals surface area contributed by atoms with Crippen molar-refractivity contribution >= 4 is 16.5 Å². The summed E-state index contributed by atoms with van der Waals surface area (Å²) in [5.41, 5.74) is 18.8. The van der Waals surface area contributed by atoms with Crippen molar-refractivity contribution in [3.05, 3.63) is 221 Å². The minimum absolute atomic E-state index is 0.532. The lowest BCUT2D eigenvalue weighted by Gasteiger charge is -2.31. The van der Waals surface area contributed by atoms with Crippen LogP contribution in [0.25, 0.3) is 82.6 Å². The van der Waals surface area contributed by atoms with Crippen LogP contribution >= 0.6 is 0 Å². The normalized spacial score (nSPS) is 12.7. The second-order valence-electron chi connectivity index (χ2n) is 14.7. The van der Waals surface area contributed by atoms with Crippen LogP contribution in [0.4, 0.5) is 5.69 Å². The molecular formula is C53H30N4. The van der Waals surface area contributed by atoms with Crippen LogP contribution < -0.4 is 0 Å². The van der Waals surface area contributed by atoms with Gasteiger partial charge in [0.1, 0.15) is 0 Å². The van der Waals surface area contributed by atoms with Gasteiger partial charge in [-0.25, -0.2) is 4.85 Å². The summed E-state index contributed by atoms with van der Waals surface area (Å²) in [6, 6.07) is 62.6. The van der Waals surface area contributed by atoms with Crippen LogP contribution in [0, 0.1) is 17.9 Å². The molecule has 0 atom stereocenters. The van der Waals surface area contributed by atoms with E-state index in [0.29, 0.717) is 11.3 Å². The number of aromatic nitrogens is 2. The minimum Gasteiger partial charge on any atom is -0.259 e. The Labute approximate surface area is 330 Å². The predicted molar refractivity (Wildman–Crippen MR) is 229 cm³/mol. The van der Waals surface area contributed by atoms with E-state index in [1.807, 2.05) is 18.2 Å². The molecule has 7 aromatic carbocycles. The maximum atomic E-state index is 9.49. The molecule has 4 heteroatoms. The Morgan fingerprint density at radius 3 is 1.75 bits per heavy atom. The molecule has 57 heavy (non-hydrogen) atoms. The van der Waals surface area contributed by atoms with E-state index in [-0.39, 0.29) is 0 Å². The van der Waals surface area contributed by atoms with Gasteiger partial charge in [0, 0.05) is 18.0 Å². The van der Waals surface area contributed by atoms with Crippen molar-refractivity contribution in [2.75, 3.05) is 0 Å². The van der Waals surface area contributed by atoms with Crippen molar-refractivity contribution < 1.29 is 0 Å². The fraction of sp³-hybridized carbons (Fsp3) is 0.0189. The SMILES string of the molecule is [C-]#[N+]c1ccnc(-c2cccc(-c3ccc4c(c3)C3(c5ccccc5-c5ccccc53)c3c-4ccc4cc(-c5cccc(-c6cc(C#N)ccn6)c5)ccc34)c2)c1. The average molecular weight is 723 g/mol. The molecular weight excluding hydrogens is 693 g/mol. The van der Waals surface area contributed by atoms with Gasteiger partial charge in [0.2, 0.25) is 0 Å². The highest BCUT2D eigenvalue weighted by atomic mass is 14.7. The van der Waals surface area contributed by atoms with Gasteiger partial charge in [0.05, 0.1) is 35.0 Å². The average Bonchev–Trinajstić information content (AvgIpc) is 3.76. The lowest BCUT2D eigenvalue weighted by atomic mass is 9.69. The summed E-state index contributed by atoms with van der Waals surface area (Å²) < 4.78 is 0. The third kappa shape index (κ3) is 4.85. The first-order chi connectivity index (χ1) is 28.1. The molecule has 9 aromatic rings. The quantitative estimate of drug-likeness (QED) is 0.170. The minimum atomic E-state index is -0.532. The Balaban J connectivity index is 1.11. The van der Waals surface area contributed by atoms with Crippen molar-refractivity contribution in [1.29, 1.82) is 5.26 Å². The Morgan fingerprint density at radius 1 is 0.474 bits per heavy atom. The van der Waals surface area contributed by atoms with E-state index < -0.39 is 5.41 Å². The summed E-state index contributed by atoms with van der Waals surface area (Å²) in [7, 11) is 0. The second kappa shape index (κ2) is 12.6. The molecule has 0 saturated heterocycles. The van der Waals surface area contributed by atoms with Gasteiger partial charge in [0.15, 0.2) is 5.69 Å². The molecule has 4 nitrogen and oxygen atoms in total. The molecule has 0 fully saturated rings. The zero-order chi connectivity index (χ0) is 38.1. The molecule has 0 saturated carbocycles. The summed E-state index contributed by atoms with van der Waals surface area (Å²) in [5.74, 6) is 0. The van der Waals surface area contributed by atoms with Crippen LogP contribution in [-0.2, 0) is 5.41 Å². The number of nitriles is 1. The maximum Gasteiger partial charge on any atom is 0.190 e. The van der Waals surface area contributed by atoms with Gasteiger partial charge >= 0.3 is 0 Å². The van der Waals surface area contributed by atoms with Crippen molar-refractivity contribution in [3.63, 3.8) is 0 Å². The van der Waals surface area contributed by atoms with Crippen LogP contribution in [-0.4, -0.2) is 9.97 Å². The number of benzene rings is 7. The fourth-order valence-electron chi connectivity index (χ4n) is 9.36. The highest BCUT2D eigenvalue weighted by Gasteiger charge is 2.52. The van der Waals surface area contributed by atoms with E-state index in [9.17, 15) is 5.26 Å². The Kier molecular flexibility index (Phi) is 7.17. The van der Waals surface area contributed by atoms with Crippen LogP contribution in [0.3, 0.4) is 0 Å². The van der Waals surface area contributed by atoms with Gasteiger partial charge in [-0.15, -0.1) is 0 Å². The summed E-state index contributed by atoms with van der Waals surface area (Å²) in [5, 5.41) is 11.9. The zero-order valence-electron chi connectivity index (χ0n) is 30.6. The lowest BCUT2D eigenvalue weighted by Crippen LogP contribution is -2.26. The number of hydrogen-bond donors (Lipinski definition) is 0. The molecule has 11 rings (SSSR count). The van der Waals surface area contributed by atoms with Gasteiger partial charge in [0.25, 0.3) is 0 Å². The van der Waals surface area contributed by atoms with E-state index in [1.54, 1.807) is 24.5 Å². The fourth-order valence-corrected chi connectivity index (χ4v) is 9.36. The number of rotatable bonds is 4. The van der Waals surface area contributed by atoms with E-state index in [1.165, 1.54) is 55.3 Å². The third-order valence-electron chi connectivity index (χ3n) is 11.8. The van der Waals surface area contributed by atoms with Gasteiger partial charge in [-0.2, -0.15) is 5.26 Å². The van der Waals surface area contributed by atoms with Gasteiger partial charge in [-0.05, 0) is 132 Å². The molecule has 0 bridgehead atoms. The van der Waals surface area contributed by atoms with E-state index in [0.717, 1.165) is 44.8 Å². The molecule has 0 N–H and O–H groups in total. The summed E-state index contributed by atoms with van der Waals surface area (Å²) >= 11 is 0. The first-order valence-corrected chi connectivity index (χ1v) is 19.0. The zero-order valence-corrected chi connectivity index (χ0v) is 30.6. The van der Waals surface area contributed by atoms with Crippen molar-refractivity contribution in [1.82, 2.24) is 9.97 Å². The second-order valence-corrected chi connectivity index (χ2v) is 14.7. The Morgan fingerprint density at radius 2 is 1.05 bits per heavy atom. The summed E-state index contributed by atoms with van der Waals surface area (Å²) in [4.78, 5) is 12.8. The van der Waals surface area contributed by atoms with Crippen molar-refractivity contribution in [3.8, 4) is 73.1 Å².